The second-order valence-electron chi connectivity index (χ2n) is 2.49. The molecule has 2 N–H and O–H groups in total. The van der Waals surface area contributed by atoms with E-state index in [1.807, 2.05) is 13.8 Å². The minimum Gasteiger partial charge on any atom is -0.478 e. The summed E-state index contributed by atoms with van der Waals surface area (Å²) in [6.07, 6.45) is 2.21. The lowest BCUT2D eigenvalue weighted by Crippen LogP contribution is -2.12. The maximum Gasteiger partial charge on any atom is 0.329 e. The van der Waals surface area contributed by atoms with E-state index in [9.17, 15) is 4.79 Å². The molecule has 0 aromatic carbocycles. The van der Waals surface area contributed by atoms with Gasteiger partial charge in [-0.15, -0.1) is 0 Å². The number of nitrogens with one attached hydrogen (secondary N) is 1. The predicted octanol–water partition coefficient (Wildman–Crippen LogP) is 0.762. The van der Waals surface area contributed by atoms with Crippen LogP contribution in [-0.4, -0.2) is 17.7 Å². The van der Waals surface area contributed by atoms with Crippen LogP contribution in [0.1, 0.15) is 13.8 Å². The number of carbonyl (C=O) groups is 1. The molecule has 0 radical (unpaired) electrons. The minimum atomic E-state index is -0.995. The Balaban J connectivity index is 3.21. The van der Waals surface area contributed by atoms with E-state index in [0.717, 1.165) is 6.08 Å². The summed E-state index contributed by atoms with van der Waals surface area (Å²) >= 11 is 0. The van der Waals surface area contributed by atoms with E-state index in [1.54, 1.807) is 0 Å². The number of aliphatic carboxylic acids is 1. The molecule has 0 aromatic heterocycles. The largest absolute Gasteiger partial charge is 0.478 e. The van der Waals surface area contributed by atoms with Gasteiger partial charge >= 0.3 is 5.97 Å². The topological polar surface area (TPSA) is 58.6 Å². The Morgan fingerprint density at radius 3 is 2.82 bits per heavy atom. The van der Waals surface area contributed by atoms with Gasteiger partial charge in [0.25, 0.3) is 0 Å². The Morgan fingerprint density at radius 2 is 2.36 bits per heavy atom. The molecule has 0 saturated heterocycles. The summed E-state index contributed by atoms with van der Waals surface area (Å²) in [7, 11) is 0. The molecule has 0 unspecified atom stereocenters. The molecule has 0 aromatic rings. The highest BCUT2D eigenvalue weighted by Gasteiger charge is 1.90. The predicted molar refractivity (Wildman–Crippen MR) is 40.7 cm³/mol. The van der Waals surface area contributed by atoms with Crippen molar-refractivity contribution in [2.24, 2.45) is 5.92 Å². The Bertz CT molecular complexity index is 143. The lowest BCUT2D eigenvalue weighted by atomic mass is 10.2. The van der Waals surface area contributed by atoms with Crippen molar-refractivity contribution in [3.05, 3.63) is 12.3 Å². The minimum absolute atomic E-state index is 0.431. The number of rotatable bonds is 5. The van der Waals surface area contributed by atoms with Gasteiger partial charge < -0.3 is 5.11 Å². The molecule has 0 spiro atoms. The first kappa shape index (κ1) is 9.97. The van der Waals surface area contributed by atoms with Crippen LogP contribution in [0.4, 0.5) is 0 Å². The molecule has 64 valence electrons. The zero-order valence-corrected chi connectivity index (χ0v) is 6.70. The fourth-order valence-electron chi connectivity index (χ4n) is 0.368. The Hall–Kier alpha value is -1.03. The van der Waals surface area contributed by atoms with Crippen molar-refractivity contribution in [3.63, 3.8) is 0 Å². The summed E-state index contributed by atoms with van der Waals surface area (Å²) in [5.74, 6) is -0.564. The molecule has 0 atom stereocenters. The molecule has 0 aliphatic heterocycles. The van der Waals surface area contributed by atoms with Crippen molar-refractivity contribution in [2.45, 2.75) is 13.8 Å². The normalized spacial score (nSPS) is 10.8. The van der Waals surface area contributed by atoms with E-state index in [4.69, 9.17) is 9.94 Å². The summed E-state index contributed by atoms with van der Waals surface area (Å²) in [5, 5.41) is 8.14. The lowest BCUT2D eigenvalue weighted by Gasteiger charge is -2.03. The van der Waals surface area contributed by atoms with Gasteiger partial charge in [0.2, 0.25) is 0 Å². The third kappa shape index (κ3) is 8.97. The number of hydroxylamine groups is 1. The van der Waals surface area contributed by atoms with Crippen molar-refractivity contribution in [3.8, 4) is 0 Å². The number of carboxylic acids is 1. The standard InChI is InChI=1S/C7H13NO3/c1-6(2)5-11-8-4-3-7(9)10/h3-4,6,8H,5H2,1-2H3,(H,9,10)/b4-3+. The Labute approximate surface area is 65.8 Å². The van der Waals surface area contributed by atoms with Crippen LogP contribution in [0.25, 0.3) is 0 Å². The smallest absolute Gasteiger partial charge is 0.329 e. The average Bonchev–Trinajstić information content (AvgIpc) is 1.85. The second-order valence-corrected chi connectivity index (χ2v) is 2.49. The molecule has 0 heterocycles. The molecular weight excluding hydrogens is 146 g/mol. The van der Waals surface area contributed by atoms with Gasteiger partial charge in [-0.25, -0.2) is 4.79 Å². The monoisotopic (exact) mass is 159 g/mol. The van der Waals surface area contributed by atoms with Gasteiger partial charge in [0.1, 0.15) is 0 Å². The first-order valence-corrected chi connectivity index (χ1v) is 3.39. The van der Waals surface area contributed by atoms with Crippen molar-refractivity contribution in [1.82, 2.24) is 5.48 Å². The summed E-state index contributed by atoms with van der Waals surface area (Å²) < 4.78 is 0. The van der Waals surface area contributed by atoms with Gasteiger partial charge in [0, 0.05) is 12.3 Å². The Morgan fingerprint density at radius 1 is 1.73 bits per heavy atom. The molecule has 11 heavy (non-hydrogen) atoms. The van der Waals surface area contributed by atoms with E-state index in [0.29, 0.717) is 12.5 Å². The zero-order valence-electron chi connectivity index (χ0n) is 6.70. The summed E-state index contributed by atoms with van der Waals surface area (Å²) in [6, 6.07) is 0. The van der Waals surface area contributed by atoms with E-state index in [-0.39, 0.29) is 0 Å². The zero-order chi connectivity index (χ0) is 8.69. The fraction of sp³-hybridized carbons (Fsp3) is 0.571. The fourth-order valence-corrected chi connectivity index (χ4v) is 0.368. The Kier molecular flexibility index (Phi) is 5.20. The van der Waals surface area contributed by atoms with E-state index in [2.05, 4.69) is 5.48 Å². The van der Waals surface area contributed by atoms with Gasteiger partial charge in [-0.05, 0) is 5.92 Å². The molecule has 0 aliphatic rings. The highest BCUT2D eigenvalue weighted by molar-refractivity contribution is 5.79. The van der Waals surface area contributed by atoms with Crippen LogP contribution in [0.3, 0.4) is 0 Å². The van der Waals surface area contributed by atoms with Crippen molar-refractivity contribution >= 4 is 5.97 Å². The third-order valence-electron chi connectivity index (χ3n) is 0.794. The summed E-state index contributed by atoms with van der Waals surface area (Å²) in [6.45, 7) is 4.56. The first-order chi connectivity index (χ1) is 5.13. The highest BCUT2D eigenvalue weighted by Crippen LogP contribution is 1.89. The summed E-state index contributed by atoms with van der Waals surface area (Å²) in [4.78, 5) is 14.8. The van der Waals surface area contributed by atoms with Crippen molar-refractivity contribution in [2.75, 3.05) is 6.61 Å². The van der Waals surface area contributed by atoms with E-state index >= 15 is 0 Å². The molecule has 0 amide bonds. The van der Waals surface area contributed by atoms with Crippen LogP contribution in [0.5, 0.6) is 0 Å². The number of hydrogen-bond acceptors (Lipinski definition) is 3. The average molecular weight is 159 g/mol. The van der Waals surface area contributed by atoms with Gasteiger partial charge in [-0.2, -0.15) is 0 Å². The third-order valence-corrected chi connectivity index (χ3v) is 0.794. The van der Waals surface area contributed by atoms with Crippen LogP contribution < -0.4 is 5.48 Å². The molecule has 0 rings (SSSR count). The summed E-state index contributed by atoms with van der Waals surface area (Å²) in [5.41, 5.74) is 2.39. The molecule has 0 bridgehead atoms. The quantitative estimate of drug-likeness (QED) is 0.353. The maximum atomic E-state index is 9.91. The molecule has 4 heteroatoms. The van der Waals surface area contributed by atoms with Crippen LogP contribution in [0, 0.1) is 5.92 Å². The van der Waals surface area contributed by atoms with Crippen molar-refractivity contribution in [1.29, 1.82) is 0 Å². The van der Waals surface area contributed by atoms with Crippen LogP contribution in [0.15, 0.2) is 12.3 Å². The second kappa shape index (κ2) is 5.73. The lowest BCUT2D eigenvalue weighted by molar-refractivity contribution is -0.131. The van der Waals surface area contributed by atoms with Gasteiger partial charge in [-0.3, -0.25) is 10.3 Å². The van der Waals surface area contributed by atoms with Gasteiger partial charge in [0.05, 0.1) is 6.61 Å². The van der Waals surface area contributed by atoms with Crippen LogP contribution in [0.2, 0.25) is 0 Å². The molecule has 0 saturated carbocycles. The number of carboxylic acid groups (broad SMARTS) is 1. The van der Waals surface area contributed by atoms with Crippen LogP contribution >= 0.6 is 0 Å². The van der Waals surface area contributed by atoms with E-state index in [1.165, 1.54) is 6.20 Å². The van der Waals surface area contributed by atoms with E-state index < -0.39 is 5.97 Å². The van der Waals surface area contributed by atoms with Gasteiger partial charge in [0.15, 0.2) is 0 Å². The first-order valence-electron chi connectivity index (χ1n) is 3.39. The molecular formula is C7H13NO3. The van der Waals surface area contributed by atoms with Crippen molar-refractivity contribution < 1.29 is 14.7 Å². The number of hydrogen-bond donors (Lipinski definition) is 2. The molecule has 0 aliphatic carbocycles. The maximum absolute atomic E-state index is 9.91. The highest BCUT2D eigenvalue weighted by atomic mass is 16.6. The van der Waals surface area contributed by atoms with Crippen LogP contribution in [-0.2, 0) is 9.63 Å². The molecule has 4 nitrogen and oxygen atoms in total. The SMILES string of the molecule is CC(C)CON/C=C/C(=O)O. The van der Waals surface area contributed by atoms with Gasteiger partial charge in [-0.1, -0.05) is 13.8 Å². The molecule has 0 fully saturated rings.